The van der Waals surface area contributed by atoms with E-state index in [4.69, 9.17) is 0 Å². The average Bonchev–Trinajstić information content (AvgIpc) is 3.28. The number of imidazole rings is 1. The van der Waals surface area contributed by atoms with E-state index >= 15 is 0 Å². The fourth-order valence-corrected chi connectivity index (χ4v) is 3.84. The summed E-state index contributed by atoms with van der Waals surface area (Å²) in [5, 5.41) is 19.4. The topological polar surface area (TPSA) is 89.1 Å². The Morgan fingerprint density at radius 1 is 1.23 bits per heavy atom. The number of fused-ring (bicyclic) bond motifs is 1. The summed E-state index contributed by atoms with van der Waals surface area (Å²) in [6.45, 7) is 5.81. The molecule has 0 saturated carbocycles. The minimum atomic E-state index is -1.15. The van der Waals surface area contributed by atoms with E-state index in [9.17, 15) is 9.90 Å². The maximum atomic E-state index is 12.9. The number of rotatable bonds is 3. The zero-order valence-electron chi connectivity index (χ0n) is 15.4. The SMILES string of the molecule is CC(C)n1cc([C@@]2(O)CCCN(C(=O)c3cn4c(n3)CCCC4)C2)nn1. The number of carbonyl (C=O) groups excluding carboxylic acids is 1. The van der Waals surface area contributed by atoms with E-state index in [1.165, 1.54) is 0 Å². The fourth-order valence-electron chi connectivity index (χ4n) is 3.84. The smallest absolute Gasteiger partial charge is 0.274 e. The van der Waals surface area contributed by atoms with Gasteiger partial charge in [-0.3, -0.25) is 4.79 Å². The first kappa shape index (κ1) is 17.2. The van der Waals surface area contributed by atoms with Gasteiger partial charge < -0.3 is 14.6 Å². The molecule has 4 heterocycles. The molecule has 1 fully saturated rings. The Morgan fingerprint density at radius 2 is 2.08 bits per heavy atom. The first-order valence-electron chi connectivity index (χ1n) is 9.46. The predicted octanol–water partition coefficient (Wildman–Crippen LogP) is 1.52. The molecule has 1 amide bonds. The molecular formula is C18H26N6O2. The van der Waals surface area contributed by atoms with Crippen LogP contribution in [0.3, 0.4) is 0 Å². The second-order valence-electron chi connectivity index (χ2n) is 7.73. The summed E-state index contributed by atoms with van der Waals surface area (Å²) in [5.74, 6) is 0.882. The Kier molecular flexibility index (Phi) is 4.30. The Balaban J connectivity index is 1.53. The van der Waals surface area contributed by atoms with E-state index in [-0.39, 0.29) is 18.5 Å². The number of aryl methyl sites for hydroxylation is 2. The number of amides is 1. The minimum absolute atomic E-state index is 0.110. The summed E-state index contributed by atoms with van der Waals surface area (Å²) in [7, 11) is 0. The van der Waals surface area contributed by atoms with Gasteiger partial charge in [0.2, 0.25) is 0 Å². The molecular weight excluding hydrogens is 332 g/mol. The molecule has 8 nitrogen and oxygen atoms in total. The molecule has 26 heavy (non-hydrogen) atoms. The lowest BCUT2D eigenvalue weighted by atomic mass is 9.90. The van der Waals surface area contributed by atoms with Crippen molar-refractivity contribution in [1.29, 1.82) is 0 Å². The highest BCUT2D eigenvalue weighted by Crippen LogP contribution is 2.31. The quantitative estimate of drug-likeness (QED) is 0.898. The van der Waals surface area contributed by atoms with E-state index < -0.39 is 5.60 Å². The molecule has 0 aromatic carbocycles. The normalized spacial score (nSPS) is 23.3. The van der Waals surface area contributed by atoms with Gasteiger partial charge in [0.1, 0.15) is 22.8 Å². The Bertz CT molecular complexity index is 787. The van der Waals surface area contributed by atoms with Crippen LogP contribution in [0, 0.1) is 0 Å². The van der Waals surface area contributed by atoms with Gasteiger partial charge in [0.25, 0.3) is 5.91 Å². The zero-order valence-corrected chi connectivity index (χ0v) is 15.4. The molecule has 1 N–H and O–H groups in total. The van der Waals surface area contributed by atoms with E-state index in [1.54, 1.807) is 15.8 Å². The van der Waals surface area contributed by atoms with Crippen LogP contribution in [0.5, 0.6) is 0 Å². The van der Waals surface area contributed by atoms with Crippen molar-refractivity contribution in [2.75, 3.05) is 13.1 Å². The molecule has 2 aliphatic heterocycles. The van der Waals surface area contributed by atoms with Crippen LogP contribution in [0.4, 0.5) is 0 Å². The van der Waals surface area contributed by atoms with Crippen LogP contribution >= 0.6 is 0 Å². The first-order valence-corrected chi connectivity index (χ1v) is 9.46. The molecule has 0 bridgehead atoms. The molecule has 0 spiro atoms. The summed E-state index contributed by atoms with van der Waals surface area (Å²) >= 11 is 0. The number of hydrogen-bond acceptors (Lipinski definition) is 5. The van der Waals surface area contributed by atoms with Crippen molar-refractivity contribution in [1.82, 2.24) is 29.4 Å². The fraction of sp³-hybridized carbons (Fsp3) is 0.667. The maximum absolute atomic E-state index is 12.9. The average molecular weight is 358 g/mol. The van der Waals surface area contributed by atoms with Crippen LogP contribution in [0.15, 0.2) is 12.4 Å². The third-order valence-corrected chi connectivity index (χ3v) is 5.40. The summed E-state index contributed by atoms with van der Waals surface area (Å²) in [5.41, 5.74) is -0.134. The van der Waals surface area contributed by atoms with Gasteiger partial charge in [-0.2, -0.15) is 0 Å². The molecule has 0 aliphatic carbocycles. The first-order chi connectivity index (χ1) is 12.5. The minimum Gasteiger partial charge on any atom is -0.382 e. The van der Waals surface area contributed by atoms with Crippen molar-refractivity contribution in [3.8, 4) is 0 Å². The lowest BCUT2D eigenvalue weighted by Crippen LogP contribution is -2.48. The van der Waals surface area contributed by atoms with Gasteiger partial charge in [-0.25, -0.2) is 9.67 Å². The lowest BCUT2D eigenvalue weighted by Gasteiger charge is -2.37. The second-order valence-corrected chi connectivity index (χ2v) is 7.73. The molecule has 4 rings (SSSR count). The highest BCUT2D eigenvalue weighted by molar-refractivity contribution is 5.92. The standard InChI is InChI=1S/C18H26N6O2/c1-13(2)24-11-15(20-21-24)18(26)7-5-9-23(12-18)17(25)14-10-22-8-4-3-6-16(22)19-14/h10-11,13,26H,3-9,12H2,1-2H3/t18-/m1/s1. The summed E-state index contributed by atoms with van der Waals surface area (Å²) in [6, 6.07) is 0.179. The van der Waals surface area contributed by atoms with Gasteiger partial charge in [-0.1, -0.05) is 5.21 Å². The molecule has 2 aromatic rings. The van der Waals surface area contributed by atoms with Crippen LogP contribution < -0.4 is 0 Å². The second kappa shape index (κ2) is 6.50. The molecule has 8 heteroatoms. The van der Waals surface area contributed by atoms with E-state index in [0.717, 1.165) is 38.1 Å². The number of β-amino-alcohol motifs (C(OH)–C–C–N with tert-alkyl or cyclic N) is 1. The van der Waals surface area contributed by atoms with Crippen LogP contribution in [-0.2, 0) is 18.6 Å². The molecule has 1 saturated heterocycles. The van der Waals surface area contributed by atoms with Crippen molar-refractivity contribution >= 4 is 5.91 Å². The van der Waals surface area contributed by atoms with Crippen molar-refractivity contribution < 1.29 is 9.90 Å². The molecule has 2 aliphatic rings. The number of aliphatic hydroxyl groups is 1. The predicted molar refractivity (Wildman–Crippen MR) is 94.6 cm³/mol. The van der Waals surface area contributed by atoms with E-state index in [2.05, 4.69) is 19.9 Å². The summed E-state index contributed by atoms with van der Waals surface area (Å²) < 4.78 is 3.82. The highest BCUT2D eigenvalue weighted by Gasteiger charge is 2.40. The van der Waals surface area contributed by atoms with Crippen molar-refractivity contribution in [3.05, 3.63) is 29.6 Å². The van der Waals surface area contributed by atoms with Gasteiger partial charge in [0.15, 0.2) is 0 Å². The van der Waals surface area contributed by atoms with Crippen LogP contribution in [0.2, 0.25) is 0 Å². The Labute approximate surface area is 152 Å². The highest BCUT2D eigenvalue weighted by atomic mass is 16.3. The Morgan fingerprint density at radius 3 is 2.81 bits per heavy atom. The van der Waals surface area contributed by atoms with Gasteiger partial charge in [0.05, 0.1) is 12.7 Å². The number of nitrogens with zero attached hydrogens (tertiary/aromatic N) is 6. The maximum Gasteiger partial charge on any atom is 0.274 e. The molecule has 140 valence electrons. The van der Waals surface area contributed by atoms with Gasteiger partial charge in [0, 0.05) is 31.7 Å². The van der Waals surface area contributed by atoms with Crippen LogP contribution in [-0.4, -0.2) is 53.5 Å². The van der Waals surface area contributed by atoms with Gasteiger partial charge in [-0.05, 0) is 39.5 Å². The summed E-state index contributed by atoms with van der Waals surface area (Å²) in [6.07, 6.45) is 8.13. The Hall–Kier alpha value is -2.22. The molecule has 0 radical (unpaired) electrons. The van der Waals surface area contributed by atoms with Gasteiger partial charge >= 0.3 is 0 Å². The lowest BCUT2D eigenvalue weighted by molar-refractivity contribution is -0.0322. The monoisotopic (exact) mass is 358 g/mol. The largest absolute Gasteiger partial charge is 0.382 e. The number of hydrogen-bond donors (Lipinski definition) is 1. The van der Waals surface area contributed by atoms with E-state index in [0.29, 0.717) is 24.4 Å². The van der Waals surface area contributed by atoms with Crippen molar-refractivity contribution in [2.45, 2.75) is 64.1 Å². The summed E-state index contributed by atoms with van der Waals surface area (Å²) in [4.78, 5) is 19.2. The number of likely N-dealkylation sites (tertiary alicyclic amines) is 1. The van der Waals surface area contributed by atoms with Crippen molar-refractivity contribution in [3.63, 3.8) is 0 Å². The third-order valence-electron chi connectivity index (χ3n) is 5.40. The van der Waals surface area contributed by atoms with Gasteiger partial charge in [-0.15, -0.1) is 5.10 Å². The van der Waals surface area contributed by atoms with Crippen LogP contribution in [0.25, 0.3) is 0 Å². The molecule has 2 aromatic heterocycles. The van der Waals surface area contributed by atoms with Crippen molar-refractivity contribution in [2.24, 2.45) is 0 Å². The number of piperidine rings is 1. The number of carbonyl (C=O) groups is 1. The molecule has 0 unspecified atom stereocenters. The van der Waals surface area contributed by atoms with E-state index in [1.807, 2.05) is 20.0 Å². The molecule has 1 atom stereocenters. The third kappa shape index (κ3) is 3.02. The zero-order chi connectivity index (χ0) is 18.3. The number of aromatic nitrogens is 5. The van der Waals surface area contributed by atoms with Crippen LogP contribution in [0.1, 0.15) is 67.6 Å².